The first-order valence-electron chi connectivity index (χ1n) is 12.0. The van der Waals surface area contributed by atoms with Crippen molar-refractivity contribution in [2.24, 2.45) is 0 Å². The second kappa shape index (κ2) is 13.2. The summed E-state index contributed by atoms with van der Waals surface area (Å²) in [5, 5.41) is 0. The number of aryl methyl sites for hydroxylation is 1. The molecular weight excluding hydrogens is 324 g/mol. The topological polar surface area (TPSA) is 0 Å². The lowest BCUT2D eigenvalue weighted by molar-refractivity contribution is 0.661. The average molecular weight is 368 g/mol. The lowest BCUT2D eigenvalue weighted by atomic mass is 9.91. The van der Waals surface area contributed by atoms with Crippen molar-refractivity contribution in [2.45, 2.75) is 117 Å². The second-order valence-corrected chi connectivity index (χ2v) is 8.46. The summed E-state index contributed by atoms with van der Waals surface area (Å²) in [6.45, 7) is 6.92. The molecule has 0 aliphatic heterocycles. The van der Waals surface area contributed by atoms with Crippen LogP contribution in [0.1, 0.15) is 127 Å². The van der Waals surface area contributed by atoms with Gasteiger partial charge in [0.25, 0.3) is 0 Å². The van der Waals surface area contributed by atoms with E-state index in [1.807, 2.05) is 0 Å². The van der Waals surface area contributed by atoms with Crippen LogP contribution in [0.25, 0.3) is 5.57 Å². The zero-order valence-corrected chi connectivity index (χ0v) is 18.4. The van der Waals surface area contributed by atoms with Crippen LogP contribution in [0.4, 0.5) is 0 Å². The molecule has 0 atom stereocenters. The molecule has 0 N–H and O–H groups in total. The molecule has 1 aromatic rings. The minimum atomic E-state index is 1.26. The van der Waals surface area contributed by atoms with Crippen molar-refractivity contribution in [3.63, 3.8) is 0 Å². The van der Waals surface area contributed by atoms with Gasteiger partial charge in [0.15, 0.2) is 0 Å². The summed E-state index contributed by atoms with van der Waals surface area (Å²) in [7, 11) is 0. The van der Waals surface area contributed by atoms with Gasteiger partial charge in [-0.1, -0.05) is 102 Å². The highest BCUT2D eigenvalue weighted by atomic mass is 14.3. The molecule has 1 aliphatic carbocycles. The van der Waals surface area contributed by atoms with E-state index in [0.717, 1.165) is 0 Å². The predicted molar refractivity (Wildman–Crippen MR) is 122 cm³/mol. The van der Waals surface area contributed by atoms with Gasteiger partial charge in [0, 0.05) is 6.42 Å². The van der Waals surface area contributed by atoms with Gasteiger partial charge in [-0.2, -0.15) is 0 Å². The van der Waals surface area contributed by atoms with Crippen molar-refractivity contribution >= 4 is 5.57 Å². The van der Waals surface area contributed by atoms with Crippen molar-refractivity contribution < 1.29 is 0 Å². The Morgan fingerprint density at radius 1 is 0.593 bits per heavy atom. The van der Waals surface area contributed by atoms with E-state index in [-0.39, 0.29) is 0 Å². The molecule has 0 nitrogen and oxygen atoms in total. The molecular formula is C27H43. The largest absolute Gasteiger partial charge is 0.0654 e. The summed E-state index contributed by atoms with van der Waals surface area (Å²) in [6.07, 6.45) is 22.7. The van der Waals surface area contributed by atoms with E-state index in [0.29, 0.717) is 0 Å². The lowest BCUT2D eigenvalue weighted by Gasteiger charge is -2.14. The molecule has 0 bridgehead atoms. The fourth-order valence-electron chi connectivity index (χ4n) is 4.47. The van der Waals surface area contributed by atoms with Gasteiger partial charge in [-0.3, -0.25) is 0 Å². The van der Waals surface area contributed by atoms with Crippen molar-refractivity contribution in [1.82, 2.24) is 0 Å². The third kappa shape index (κ3) is 7.13. The van der Waals surface area contributed by atoms with Gasteiger partial charge < -0.3 is 0 Å². The van der Waals surface area contributed by atoms with Gasteiger partial charge in [0.1, 0.15) is 0 Å². The van der Waals surface area contributed by atoms with Crippen LogP contribution in [0.5, 0.6) is 0 Å². The molecule has 0 spiro atoms. The quantitative estimate of drug-likeness (QED) is 0.271. The van der Waals surface area contributed by atoms with Crippen LogP contribution in [-0.4, -0.2) is 0 Å². The zero-order chi connectivity index (χ0) is 19.3. The Kier molecular flexibility index (Phi) is 10.9. The molecule has 27 heavy (non-hydrogen) atoms. The van der Waals surface area contributed by atoms with Gasteiger partial charge in [-0.05, 0) is 60.8 Å². The summed E-state index contributed by atoms with van der Waals surface area (Å²) in [5.74, 6) is 0. The maximum Gasteiger partial charge on any atom is 0.0167 e. The Balaban J connectivity index is 2.11. The molecule has 0 saturated carbocycles. The number of unbranched alkanes of at least 4 members (excludes halogenated alkanes) is 9. The van der Waals surface area contributed by atoms with E-state index in [2.05, 4.69) is 45.4 Å². The minimum absolute atomic E-state index is 1.26. The Labute approximate surface area is 169 Å². The second-order valence-electron chi connectivity index (χ2n) is 8.46. The van der Waals surface area contributed by atoms with Crippen LogP contribution in [0.2, 0.25) is 0 Å². The van der Waals surface area contributed by atoms with Crippen LogP contribution in [0.3, 0.4) is 0 Å². The molecule has 0 saturated heterocycles. The molecule has 0 aromatic heterocycles. The number of allylic oxidation sites excluding steroid dienone is 2. The summed E-state index contributed by atoms with van der Waals surface area (Å²) in [5.41, 5.74) is 8.14. The predicted octanol–water partition coefficient (Wildman–Crippen LogP) is 9.07. The Hall–Kier alpha value is -1.04. The van der Waals surface area contributed by atoms with Crippen molar-refractivity contribution in [3.8, 4) is 0 Å². The zero-order valence-electron chi connectivity index (χ0n) is 18.4. The summed E-state index contributed by atoms with van der Waals surface area (Å²) >= 11 is 0. The van der Waals surface area contributed by atoms with Crippen LogP contribution in [-0.2, 0) is 6.42 Å². The van der Waals surface area contributed by atoms with Gasteiger partial charge >= 0.3 is 0 Å². The highest BCUT2D eigenvalue weighted by Gasteiger charge is 2.23. The third-order valence-corrected chi connectivity index (χ3v) is 6.08. The molecule has 2 rings (SSSR count). The first-order chi connectivity index (χ1) is 13.3. The standard InChI is InChI=1S/C27H43/c1-4-7-10-13-17-23-19-16-20-25-22-24(18-14-11-8-5-2)26(27(23)25)21-15-12-9-6-3/h16,19-20,22H,4-15,17-18,21H2,1-3H3. The van der Waals surface area contributed by atoms with E-state index in [4.69, 9.17) is 0 Å². The number of hydrogen-bond donors (Lipinski definition) is 0. The number of hydrogen-bond acceptors (Lipinski definition) is 0. The highest BCUT2D eigenvalue weighted by Crippen LogP contribution is 2.42. The number of rotatable bonds is 15. The normalized spacial score (nSPS) is 13.4. The van der Waals surface area contributed by atoms with Crippen molar-refractivity contribution in [1.29, 1.82) is 0 Å². The Morgan fingerprint density at radius 3 is 1.81 bits per heavy atom. The van der Waals surface area contributed by atoms with E-state index < -0.39 is 0 Å². The Bertz CT molecular complexity index is 563. The van der Waals surface area contributed by atoms with E-state index in [9.17, 15) is 0 Å². The summed E-state index contributed by atoms with van der Waals surface area (Å²) < 4.78 is 0. The molecule has 0 amide bonds. The molecule has 0 heterocycles. The monoisotopic (exact) mass is 367 g/mol. The third-order valence-electron chi connectivity index (χ3n) is 6.08. The first kappa shape index (κ1) is 22.3. The van der Waals surface area contributed by atoms with Gasteiger partial charge in [0.2, 0.25) is 0 Å². The SMILES string of the molecule is CCCCCCC1=C(CCCCCC)c2c(cccc2CCCCCC)[CH]1. The molecule has 0 unspecified atom stereocenters. The van der Waals surface area contributed by atoms with Crippen LogP contribution in [0, 0.1) is 6.42 Å². The van der Waals surface area contributed by atoms with Gasteiger partial charge in [0.05, 0.1) is 0 Å². The maximum absolute atomic E-state index is 2.53. The number of fused-ring (bicyclic) bond motifs is 1. The molecule has 0 fully saturated rings. The lowest BCUT2D eigenvalue weighted by Crippen LogP contribution is -1.96. The smallest absolute Gasteiger partial charge is 0.0167 e. The molecule has 151 valence electrons. The van der Waals surface area contributed by atoms with E-state index in [1.165, 1.54) is 102 Å². The number of benzene rings is 1. The van der Waals surface area contributed by atoms with Gasteiger partial charge in [-0.25, -0.2) is 0 Å². The van der Waals surface area contributed by atoms with Crippen LogP contribution < -0.4 is 0 Å². The van der Waals surface area contributed by atoms with E-state index >= 15 is 0 Å². The molecule has 1 aliphatic rings. The summed E-state index contributed by atoms with van der Waals surface area (Å²) in [6, 6.07) is 7.06. The van der Waals surface area contributed by atoms with Crippen LogP contribution >= 0.6 is 0 Å². The first-order valence-corrected chi connectivity index (χ1v) is 12.0. The van der Waals surface area contributed by atoms with E-state index in [1.54, 1.807) is 22.3 Å². The fraction of sp³-hybridized carbons (Fsp3) is 0.667. The molecule has 1 radical (unpaired) electrons. The fourth-order valence-corrected chi connectivity index (χ4v) is 4.47. The molecule has 0 heteroatoms. The van der Waals surface area contributed by atoms with Crippen molar-refractivity contribution in [3.05, 3.63) is 46.9 Å². The van der Waals surface area contributed by atoms with Crippen molar-refractivity contribution in [2.75, 3.05) is 0 Å². The minimum Gasteiger partial charge on any atom is -0.0654 e. The molecule has 1 aromatic carbocycles. The van der Waals surface area contributed by atoms with Gasteiger partial charge in [-0.15, -0.1) is 0 Å². The maximum atomic E-state index is 2.53. The Morgan fingerprint density at radius 2 is 1.19 bits per heavy atom. The highest BCUT2D eigenvalue weighted by molar-refractivity contribution is 5.82. The summed E-state index contributed by atoms with van der Waals surface area (Å²) in [4.78, 5) is 0. The average Bonchev–Trinajstić information content (AvgIpc) is 3.04. The van der Waals surface area contributed by atoms with Crippen LogP contribution in [0.15, 0.2) is 23.8 Å².